The molecule has 0 fully saturated rings. The summed E-state index contributed by atoms with van der Waals surface area (Å²) in [6.45, 7) is 10.4. The molecule has 3 nitrogen and oxygen atoms in total. The van der Waals surface area contributed by atoms with Gasteiger partial charge in [0, 0.05) is 6.92 Å². The Morgan fingerprint density at radius 3 is 2.80 bits per heavy atom. The van der Waals surface area contributed by atoms with E-state index in [1.165, 1.54) is 0 Å². The molecule has 0 rings (SSSR count). The molecule has 0 aromatic carbocycles. The van der Waals surface area contributed by atoms with E-state index in [-0.39, 0.29) is 18.4 Å². The Morgan fingerprint density at radius 1 is 1.80 bits per heavy atom. The van der Waals surface area contributed by atoms with Crippen molar-refractivity contribution >= 4 is 5.97 Å². The Labute approximate surface area is 60.8 Å². The summed E-state index contributed by atoms with van der Waals surface area (Å²) >= 11 is 0. The Hall–Kier alpha value is -1.04. The van der Waals surface area contributed by atoms with Crippen LogP contribution < -0.4 is 0 Å². The average Bonchev–Trinajstić information content (AvgIpc) is 1.88. The summed E-state index contributed by atoms with van der Waals surface area (Å²) in [6, 6.07) is -0.251. The van der Waals surface area contributed by atoms with Crippen molar-refractivity contribution in [2.45, 2.75) is 26.3 Å². The molecule has 0 bridgehead atoms. The Bertz CT molecular complexity index is 148. The maximum Gasteiger partial charge on any atom is 0.313 e. The number of esters is 1. The lowest BCUT2D eigenvalue weighted by Gasteiger charge is -1.98. The van der Waals surface area contributed by atoms with Crippen LogP contribution in [0.5, 0.6) is 0 Å². The minimum absolute atomic E-state index is 0.206. The Balaban J connectivity index is 3.49. The van der Waals surface area contributed by atoms with Crippen molar-refractivity contribution in [3.8, 4) is 0 Å². The SMILES string of the molecule is [C-]#[N+]C(C)CC(=O)OCC. The highest BCUT2D eigenvalue weighted by Gasteiger charge is 2.11. The normalized spacial score (nSPS) is 11.7. The molecule has 0 amide bonds. The Kier molecular flexibility index (Phi) is 4.30. The molecule has 0 heterocycles. The fourth-order valence-corrected chi connectivity index (χ4v) is 0.507. The third kappa shape index (κ3) is 3.90. The fourth-order valence-electron chi connectivity index (χ4n) is 0.507. The van der Waals surface area contributed by atoms with Crippen molar-refractivity contribution in [1.82, 2.24) is 0 Å². The fraction of sp³-hybridized carbons (Fsp3) is 0.714. The van der Waals surface area contributed by atoms with E-state index >= 15 is 0 Å². The summed E-state index contributed by atoms with van der Waals surface area (Å²) in [5, 5.41) is 0. The van der Waals surface area contributed by atoms with Gasteiger partial charge in [-0.05, 0) is 6.92 Å². The van der Waals surface area contributed by atoms with Crippen molar-refractivity contribution in [2.75, 3.05) is 6.61 Å². The minimum Gasteiger partial charge on any atom is -0.466 e. The average molecular weight is 141 g/mol. The second kappa shape index (κ2) is 4.80. The molecule has 0 aliphatic heterocycles. The molecular formula is C7H11NO2. The third-order valence-electron chi connectivity index (χ3n) is 0.988. The number of nitrogens with zero attached hydrogens (tertiary/aromatic N) is 1. The first kappa shape index (κ1) is 8.96. The largest absolute Gasteiger partial charge is 0.466 e. The second-order valence-electron chi connectivity index (χ2n) is 1.99. The number of ether oxygens (including phenoxy) is 1. The number of rotatable bonds is 3. The zero-order chi connectivity index (χ0) is 7.98. The van der Waals surface area contributed by atoms with Gasteiger partial charge in [-0.15, -0.1) is 0 Å². The number of carbonyl (C=O) groups excluding carboxylic acids is 1. The molecule has 0 radical (unpaired) electrons. The molecule has 0 aromatic rings. The van der Waals surface area contributed by atoms with Gasteiger partial charge in [0.2, 0.25) is 6.04 Å². The van der Waals surface area contributed by atoms with Crippen LogP contribution in [0.4, 0.5) is 0 Å². The van der Waals surface area contributed by atoms with Gasteiger partial charge >= 0.3 is 5.97 Å². The summed E-state index contributed by atoms with van der Waals surface area (Å²) < 4.78 is 4.63. The van der Waals surface area contributed by atoms with Crippen molar-refractivity contribution in [3.05, 3.63) is 11.4 Å². The predicted molar refractivity (Wildman–Crippen MR) is 37.3 cm³/mol. The van der Waals surface area contributed by atoms with Crippen LogP contribution in [0.1, 0.15) is 20.3 Å². The maximum absolute atomic E-state index is 10.6. The molecule has 0 saturated heterocycles. The molecule has 1 unspecified atom stereocenters. The molecule has 3 heteroatoms. The van der Waals surface area contributed by atoms with Crippen molar-refractivity contribution in [1.29, 1.82) is 0 Å². The van der Waals surface area contributed by atoms with Gasteiger partial charge in [0.25, 0.3) is 0 Å². The van der Waals surface area contributed by atoms with Crippen molar-refractivity contribution in [3.63, 3.8) is 0 Å². The molecule has 0 saturated carbocycles. The van der Waals surface area contributed by atoms with Crippen molar-refractivity contribution in [2.24, 2.45) is 0 Å². The van der Waals surface area contributed by atoms with Crippen LogP contribution in [0.3, 0.4) is 0 Å². The first-order valence-electron chi connectivity index (χ1n) is 3.22. The minimum atomic E-state index is -0.286. The van der Waals surface area contributed by atoms with Gasteiger partial charge in [-0.1, -0.05) is 0 Å². The standard InChI is InChI=1S/C7H11NO2/c1-4-10-7(9)5-6(2)8-3/h6H,4-5H2,1-2H3. The quantitative estimate of drug-likeness (QED) is 0.437. The highest BCUT2D eigenvalue weighted by molar-refractivity contribution is 5.70. The van der Waals surface area contributed by atoms with Gasteiger partial charge in [0.05, 0.1) is 6.61 Å². The van der Waals surface area contributed by atoms with E-state index < -0.39 is 0 Å². The molecule has 0 aliphatic rings. The van der Waals surface area contributed by atoms with Crippen LogP contribution in [0.15, 0.2) is 0 Å². The highest BCUT2D eigenvalue weighted by atomic mass is 16.5. The number of hydrogen-bond donors (Lipinski definition) is 0. The summed E-state index contributed by atoms with van der Waals surface area (Å²) in [5.74, 6) is -0.286. The van der Waals surface area contributed by atoms with Gasteiger partial charge in [0.15, 0.2) is 0 Å². The predicted octanol–water partition coefficient (Wildman–Crippen LogP) is 1.25. The first-order valence-corrected chi connectivity index (χ1v) is 3.22. The molecule has 56 valence electrons. The van der Waals surface area contributed by atoms with Crippen LogP contribution in [0.25, 0.3) is 4.85 Å². The molecule has 0 aromatic heterocycles. The smallest absolute Gasteiger partial charge is 0.313 e. The zero-order valence-electron chi connectivity index (χ0n) is 6.26. The topological polar surface area (TPSA) is 30.7 Å². The van der Waals surface area contributed by atoms with Gasteiger partial charge in [-0.2, -0.15) is 0 Å². The van der Waals surface area contributed by atoms with E-state index in [2.05, 4.69) is 9.58 Å². The monoisotopic (exact) mass is 141 g/mol. The number of carbonyl (C=O) groups is 1. The van der Waals surface area contributed by atoms with Crippen LogP contribution in [-0.4, -0.2) is 18.6 Å². The lowest BCUT2D eigenvalue weighted by molar-refractivity contribution is -0.143. The van der Waals surface area contributed by atoms with Crippen LogP contribution in [-0.2, 0) is 9.53 Å². The summed E-state index contributed by atoms with van der Waals surface area (Å²) in [6.07, 6.45) is 0.206. The van der Waals surface area contributed by atoms with Gasteiger partial charge in [-0.25, -0.2) is 6.57 Å². The van der Waals surface area contributed by atoms with E-state index in [0.29, 0.717) is 6.61 Å². The van der Waals surface area contributed by atoms with Gasteiger partial charge in [0.1, 0.15) is 6.42 Å². The summed E-state index contributed by atoms with van der Waals surface area (Å²) in [7, 11) is 0. The summed E-state index contributed by atoms with van der Waals surface area (Å²) in [4.78, 5) is 13.8. The molecule has 0 spiro atoms. The molecular weight excluding hydrogens is 130 g/mol. The van der Waals surface area contributed by atoms with Gasteiger partial charge < -0.3 is 9.58 Å². The van der Waals surface area contributed by atoms with Crippen LogP contribution in [0, 0.1) is 6.57 Å². The Morgan fingerprint density at radius 2 is 2.40 bits per heavy atom. The maximum atomic E-state index is 10.6. The van der Waals surface area contributed by atoms with Crippen molar-refractivity contribution < 1.29 is 9.53 Å². The van der Waals surface area contributed by atoms with Gasteiger partial charge in [-0.3, -0.25) is 4.79 Å². The summed E-state index contributed by atoms with van der Waals surface area (Å²) in [5.41, 5.74) is 0. The molecule has 0 aliphatic carbocycles. The van der Waals surface area contributed by atoms with E-state index in [9.17, 15) is 4.79 Å². The van der Waals surface area contributed by atoms with E-state index in [1.807, 2.05) is 0 Å². The zero-order valence-corrected chi connectivity index (χ0v) is 6.26. The van der Waals surface area contributed by atoms with E-state index in [1.54, 1.807) is 13.8 Å². The molecule has 0 N–H and O–H groups in total. The first-order chi connectivity index (χ1) is 4.70. The lowest BCUT2D eigenvalue weighted by Crippen LogP contribution is -2.09. The van der Waals surface area contributed by atoms with Crippen LogP contribution >= 0.6 is 0 Å². The molecule has 10 heavy (non-hydrogen) atoms. The number of hydrogen-bond acceptors (Lipinski definition) is 2. The second-order valence-corrected chi connectivity index (χ2v) is 1.99. The highest BCUT2D eigenvalue weighted by Crippen LogP contribution is 1.97. The van der Waals surface area contributed by atoms with E-state index in [4.69, 9.17) is 6.57 Å². The van der Waals surface area contributed by atoms with E-state index in [0.717, 1.165) is 0 Å². The molecule has 1 atom stereocenters. The lowest BCUT2D eigenvalue weighted by atomic mass is 10.2. The third-order valence-corrected chi connectivity index (χ3v) is 0.988. The van der Waals surface area contributed by atoms with Crippen LogP contribution in [0.2, 0.25) is 0 Å².